The van der Waals surface area contributed by atoms with Gasteiger partial charge in [0.25, 0.3) is 0 Å². The molecule has 1 fully saturated rings. The molecule has 148 valence electrons. The number of nitrogens with one attached hydrogen (secondary N) is 2. The molecule has 3 aromatic rings. The molecule has 5 heterocycles. The summed E-state index contributed by atoms with van der Waals surface area (Å²) in [6.45, 7) is 1.79. The zero-order valence-corrected chi connectivity index (χ0v) is 16.2. The van der Waals surface area contributed by atoms with Crippen molar-refractivity contribution in [2.45, 2.75) is 25.4 Å². The van der Waals surface area contributed by atoms with Crippen LogP contribution in [0.4, 0.5) is 23.3 Å². The molecule has 9 heteroatoms. The molecule has 0 atom stereocenters. The van der Waals surface area contributed by atoms with Crippen LogP contribution in [0.25, 0.3) is 0 Å². The largest absolute Gasteiger partial charge is 0.381 e. The second kappa shape index (κ2) is 7.59. The fraction of sp³-hybridized carbons (Fsp3) is 0.350. The van der Waals surface area contributed by atoms with Gasteiger partial charge in [0.1, 0.15) is 11.6 Å². The Morgan fingerprint density at radius 3 is 2.86 bits per heavy atom. The highest BCUT2D eigenvalue weighted by atomic mass is 16.5. The Hall–Kier alpha value is -3.33. The minimum absolute atomic E-state index is 0.329. The summed E-state index contributed by atoms with van der Waals surface area (Å²) >= 11 is 0. The van der Waals surface area contributed by atoms with Gasteiger partial charge in [-0.25, -0.2) is 9.97 Å². The van der Waals surface area contributed by atoms with E-state index in [1.165, 1.54) is 0 Å². The molecule has 0 amide bonds. The molecule has 1 saturated heterocycles. The van der Waals surface area contributed by atoms with Crippen LogP contribution in [0.1, 0.15) is 24.0 Å². The highest BCUT2D eigenvalue weighted by Crippen LogP contribution is 2.31. The third kappa shape index (κ3) is 3.68. The molecule has 2 aliphatic rings. The van der Waals surface area contributed by atoms with Gasteiger partial charge in [-0.1, -0.05) is 0 Å². The van der Waals surface area contributed by atoms with E-state index in [-0.39, 0.29) is 0 Å². The van der Waals surface area contributed by atoms with Crippen molar-refractivity contribution in [3.63, 3.8) is 0 Å². The van der Waals surface area contributed by atoms with Gasteiger partial charge in [-0.2, -0.15) is 10.1 Å². The monoisotopic (exact) mass is 390 g/mol. The van der Waals surface area contributed by atoms with Gasteiger partial charge < -0.3 is 15.0 Å². The number of nitrogens with zero attached hydrogens (tertiary/aromatic N) is 6. The van der Waals surface area contributed by atoms with E-state index in [9.17, 15) is 0 Å². The van der Waals surface area contributed by atoms with E-state index < -0.39 is 0 Å². The summed E-state index contributed by atoms with van der Waals surface area (Å²) in [5, 5.41) is 10.1. The molecule has 0 aliphatic carbocycles. The van der Waals surface area contributed by atoms with E-state index in [1.54, 1.807) is 19.5 Å². The molecule has 2 N–H and O–H groups in total. The second-order valence-electron chi connectivity index (χ2n) is 7.21. The van der Waals surface area contributed by atoms with Crippen LogP contribution in [0.15, 0.2) is 41.9 Å². The maximum Gasteiger partial charge on any atom is 0.227 e. The molecular weight excluding hydrogens is 368 g/mol. The summed E-state index contributed by atoms with van der Waals surface area (Å²) in [6.07, 6.45) is 10.3. The first kappa shape index (κ1) is 17.7. The van der Waals surface area contributed by atoms with Crippen LogP contribution >= 0.6 is 0 Å². The lowest BCUT2D eigenvalue weighted by atomic mass is 10.1. The van der Waals surface area contributed by atoms with Crippen molar-refractivity contribution in [1.29, 1.82) is 0 Å². The molecule has 2 aliphatic heterocycles. The predicted octanol–water partition coefficient (Wildman–Crippen LogP) is 2.63. The average Bonchev–Trinajstić information content (AvgIpc) is 3.43. The van der Waals surface area contributed by atoms with Crippen molar-refractivity contribution in [3.8, 4) is 0 Å². The Balaban J connectivity index is 1.31. The van der Waals surface area contributed by atoms with Crippen LogP contribution in [0.5, 0.6) is 0 Å². The van der Waals surface area contributed by atoms with Crippen molar-refractivity contribution < 1.29 is 4.74 Å². The van der Waals surface area contributed by atoms with E-state index in [1.807, 2.05) is 24.5 Å². The fourth-order valence-electron chi connectivity index (χ4n) is 3.72. The Labute approximate surface area is 168 Å². The summed E-state index contributed by atoms with van der Waals surface area (Å²) in [6, 6.07) is 3.80. The quantitative estimate of drug-likeness (QED) is 0.690. The van der Waals surface area contributed by atoms with Gasteiger partial charge in [0.05, 0.1) is 23.7 Å². The number of fused-ring (bicyclic) bond motifs is 1. The van der Waals surface area contributed by atoms with Crippen molar-refractivity contribution in [2.75, 3.05) is 30.4 Å². The first-order chi connectivity index (χ1) is 14.3. The molecule has 0 unspecified atom stereocenters. The van der Waals surface area contributed by atoms with E-state index >= 15 is 0 Å². The molecule has 3 aromatic heterocycles. The SMILES string of the molecule is COC1CCN(c2nccc(Nc3cc4c(cn3)CC(c3cn[nH]c3)=N4)n2)CC1. The number of aliphatic imine (C=N–C) groups is 1. The van der Waals surface area contributed by atoms with Crippen LogP contribution in [-0.4, -0.2) is 57.2 Å². The standard InChI is InChI=1S/C20H22N8O/c1-29-15-3-6-28(7-4-15)20-21-5-2-18(27-20)26-19-9-17-13(10-22-19)8-16(25-17)14-11-23-24-12-14/h2,5,9-12,15H,3-4,6-8H2,1H3,(H,23,24)(H,21,22,26,27). The first-order valence-corrected chi connectivity index (χ1v) is 9.72. The molecule has 29 heavy (non-hydrogen) atoms. The third-order valence-electron chi connectivity index (χ3n) is 5.36. The van der Waals surface area contributed by atoms with Crippen LogP contribution in [0.3, 0.4) is 0 Å². The van der Waals surface area contributed by atoms with Gasteiger partial charge in [-0.05, 0) is 18.9 Å². The number of methoxy groups -OCH3 is 1. The molecule has 9 nitrogen and oxygen atoms in total. The fourth-order valence-corrected chi connectivity index (χ4v) is 3.72. The number of ether oxygens (including phenoxy) is 1. The number of aromatic amines is 1. The lowest BCUT2D eigenvalue weighted by Crippen LogP contribution is -2.37. The Kier molecular flexibility index (Phi) is 4.65. The maximum atomic E-state index is 5.44. The number of pyridine rings is 1. The normalized spacial score (nSPS) is 16.6. The van der Waals surface area contributed by atoms with Crippen molar-refractivity contribution >= 4 is 29.0 Å². The predicted molar refractivity (Wildman–Crippen MR) is 110 cm³/mol. The Bertz CT molecular complexity index is 1020. The Morgan fingerprint density at radius 2 is 2.07 bits per heavy atom. The maximum absolute atomic E-state index is 5.44. The molecule has 5 rings (SSSR count). The van der Waals surface area contributed by atoms with Gasteiger partial charge >= 0.3 is 0 Å². The zero-order valence-electron chi connectivity index (χ0n) is 16.2. The summed E-state index contributed by atoms with van der Waals surface area (Å²) in [4.78, 5) is 20.5. The van der Waals surface area contributed by atoms with Gasteiger partial charge in [-0.15, -0.1) is 0 Å². The zero-order chi connectivity index (χ0) is 19.6. The lowest BCUT2D eigenvalue weighted by Gasteiger charge is -2.31. The molecule has 0 spiro atoms. The summed E-state index contributed by atoms with van der Waals surface area (Å²) in [5.74, 6) is 2.16. The van der Waals surface area contributed by atoms with Crippen molar-refractivity contribution in [2.24, 2.45) is 4.99 Å². The van der Waals surface area contributed by atoms with Crippen LogP contribution in [0, 0.1) is 0 Å². The Morgan fingerprint density at radius 1 is 1.17 bits per heavy atom. The summed E-state index contributed by atoms with van der Waals surface area (Å²) < 4.78 is 5.44. The van der Waals surface area contributed by atoms with Gasteiger partial charge in [0.2, 0.25) is 5.95 Å². The highest BCUT2D eigenvalue weighted by molar-refractivity contribution is 6.06. The average molecular weight is 390 g/mol. The topological polar surface area (TPSA) is 104 Å². The molecule has 0 radical (unpaired) electrons. The highest BCUT2D eigenvalue weighted by Gasteiger charge is 2.21. The van der Waals surface area contributed by atoms with E-state index in [4.69, 9.17) is 9.73 Å². The van der Waals surface area contributed by atoms with Crippen molar-refractivity contribution in [1.82, 2.24) is 25.1 Å². The molecule has 0 saturated carbocycles. The second-order valence-corrected chi connectivity index (χ2v) is 7.21. The van der Waals surface area contributed by atoms with Crippen molar-refractivity contribution in [3.05, 3.63) is 48.0 Å². The smallest absolute Gasteiger partial charge is 0.227 e. The van der Waals surface area contributed by atoms with Crippen LogP contribution < -0.4 is 10.2 Å². The number of hydrogen-bond acceptors (Lipinski definition) is 8. The lowest BCUT2D eigenvalue weighted by molar-refractivity contribution is 0.0816. The first-order valence-electron chi connectivity index (χ1n) is 9.72. The van der Waals surface area contributed by atoms with E-state index in [0.717, 1.165) is 60.8 Å². The van der Waals surface area contributed by atoms with E-state index in [2.05, 4.69) is 35.4 Å². The molecule has 0 bridgehead atoms. The summed E-state index contributed by atoms with van der Waals surface area (Å²) in [7, 11) is 1.77. The number of anilines is 3. The van der Waals surface area contributed by atoms with Gasteiger partial charge in [-0.3, -0.25) is 10.1 Å². The molecule has 0 aromatic carbocycles. The minimum Gasteiger partial charge on any atom is -0.381 e. The van der Waals surface area contributed by atoms with Gasteiger partial charge in [0, 0.05) is 62.4 Å². The molecular formula is C20H22N8O. The van der Waals surface area contributed by atoms with E-state index in [0.29, 0.717) is 17.7 Å². The number of rotatable bonds is 5. The number of hydrogen-bond donors (Lipinski definition) is 2. The minimum atomic E-state index is 0.329. The summed E-state index contributed by atoms with van der Waals surface area (Å²) in [5.41, 5.74) is 4.04. The van der Waals surface area contributed by atoms with Gasteiger partial charge in [0.15, 0.2) is 0 Å². The third-order valence-corrected chi connectivity index (χ3v) is 5.36. The van der Waals surface area contributed by atoms with Crippen LogP contribution in [-0.2, 0) is 11.2 Å². The number of piperidine rings is 1. The number of H-pyrrole nitrogens is 1. The number of aromatic nitrogens is 5. The van der Waals surface area contributed by atoms with Crippen LogP contribution in [0.2, 0.25) is 0 Å².